The van der Waals surface area contributed by atoms with Gasteiger partial charge in [0.05, 0.1) is 31.3 Å². The average molecular weight is 253 g/mol. The quantitative estimate of drug-likeness (QED) is 0.516. The minimum absolute atomic E-state index is 0. The number of carboxylic acids is 1. The summed E-state index contributed by atoms with van der Waals surface area (Å²) in [7, 11) is 0. The van der Waals surface area contributed by atoms with Gasteiger partial charge in [-0.05, 0) is 6.07 Å². The van der Waals surface area contributed by atoms with Crippen molar-refractivity contribution < 1.29 is 48.2 Å². The fourth-order valence-electron chi connectivity index (χ4n) is 1.69. The number of hydrogen-bond donors (Lipinski definition) is 0. The Morgan fingerprint density at radius 3 is 2.65 bits per heavy atom. The molecule has 0 aliphatic carbocycles. The second-order valence-electron chi connectivity index (χ2n) is 3.79. The molecule has 1 aliphatic rings. The smallest absolute Gasteiger partial charge is 0.543 e. The van der Waals surface area contributed by atoms with Gasteiger partial charge in [0, 0.05) is 12.7 Å². The van der Waals surface area contributed by atoms with E-state index in [-0.39, 0.29) is 54.9 Å². The number of carbonyl (C=O) groups excluding carboxylic acids is 1. The minimum atomic E-state index is -2.60. The van der Waals surface area contributed by atoms with Crippen LogP contribution in [0.2, 0.25) is 0 Å². The van der Waals surface area contributed by atoms with E-state index in [9.17, 15) is 18.7 Å². The van der Waals surface area contributed by atoms with Crippen molar-refractivity contribution in [2.24, 2.45) is 0 Å². The molecule has 88 valence electrons. The van der Waals surface area contributed by atoms with Gasteiger partial charge in [-0.1, -0.05) is 0 Å². The Hall–Kier alpha value is -0.500. The van der Waals surface area contributed by atoms with E-state index in [1.54, 1.807) is 4.90 Å². The van der Waals surface area contributed by atoms with E-state index >= 15 is 0 Å². The molecule has 8 heteroatoms. The summed E-state index contributed by atoms with van der Waals surface area (Å²) in [5, 5.41) is 14.4. The third-order valence-electron chi connectivity index (χ3n) is 2.46. The predicted molar refractivity (Wildman–Crippen MR) is 47.9 cm³/mol. The topological polar surface area (TPSA) is 61.2 Å². The van der Waals surface area contributed by atoms with Crippen LogP contribution in [0.25, 0.3) is 0 Å². The molecule has 0 amide bonds. The van der Waals surface area contributed by atoms with Crippen LogP contribution in [0, 0.1) is 0 Å². The van der Waals surface area contributed by atoms with Gasteiger partial charge in [-0.15, -0.1) is 0 Å². The first-order valence-electron chi connectivity index (χ1n) is 4.81. The van der Waals surface area contributed by atoms with Crippen molar-refractivity contribution in [1.29, 1.82) is 0 Å². The average Bonchev–Trinajstić information content (AvgIpc) is 2.58. The number of nitrogens with zero attached hydrogens (tertiary/aromatic N) is 3. The zero-order valence-corrected chi connectivity index (χ0v) is 11.4. The standard InChI is InChI=1S/C9H11F2N3O2.Na/c10-9(11)5-13(6-9)3-4-14-7(8(15)16)1-2-12-14;/h1-2H,3-6H2,(H,15,16);/q;+1/p-1. The second-order valence-corrected chi connectivity index (χ2v) is 3.79. The van der Waals surface area contributed by atoms with Crippen LogP contribution in [-0.4, -0.2) is 46.2 Å². The van der Waals surface area contributed by atoms with E-state index < -0.39 is 11.9 Å². The summed E-state index contributed by atoms with van der Waals surface area (Å²) in [5.41, 5.74) is -0.0349. The third-order valence-corrected chi connectivity index (χ3v) is 2.46. The Labute approximate surface area is 119 Å². The molecule has 0 N–H and O–H groups in total. The van der Waals surface area contributed by atoms with Crippen LogP contribution in [0.3, 0.4) is 0 Å². The number of carboxylic acid groups (broad SMARTS) is 1. The summed E-state index contributed by atoms with van der Waals surface area (Å²) >= 11 is 0. The van der Waals surface area contributed by atoms with Crippen LogP contribution in [0.5, 0.6) is 0 Å². The molecule has 0 unspecified atom stereocenters. The predicted octanol–water partition coefficient (Wildman–Crippen LogP) is -3.80. The zero-order chi connectivity index (χ0) is 11.8. The first kappa shape index (κ1) is 14.6. The number of rotatable bonds is 4. The molecular formula is C9H10F2N3NaO2. The second kappa shape index (κ2) is 5.43. The van der Waals surface area contributed by atoms with Gasteiger partial charge >= 0.3 is 29.6 Å². The molecule has 5 nitrogen and oxygen atoms in total. The van der Waals surface area contributed by atoms with Gasteiger partial charge in [-0.3, -0.25) is 9.58 Å². The number of carbonyl (C=O) groups is 1. The molecule has 0 bridgehead atoms. The Morgan fingerprint density at radius 1 is 1.47 bits per heavy atom. The SMILES string of the molecule is O=C([O-])c1ccnn1CCN1CC(F)(F)C1.[Na+]. The summed E-state index contributed by atoms with van der Waals surface area (Å²) in [6, 6.07) is 1.32. The molecular weight excluding hydrogens is 243 g/mol. The van der Waals surface area contributed by atoms with E-state index in [0.717, 1.165) is 0 Å². The van der Waals surface area contributed by atoms with Crippen molar-refractivity contribution in [2.75, 3.05) is 19.6 Å². The van der Waals surface area contributed by atoms with Crippen LogP contribution < -0.4 is 34.7 Å². The Bertz CT molecular complexity index is 403. The number of halogens is 2. The van der Waals surface area contributed by atoms with Gasteiger partial charge in [0.25, 0.3) is 5.92 Å². The summed E-state index contributed by atoms with van der Waals surface area (Å²) in [6.45, 7) is 0.0911. The number of hydrogen-bond acceptors (Lipinski definition) is 4. The van der Waals surface area contributed by atoms with Crippen LogP contribution in [0.4, 0.5) is 8.78 Å². The maximum Gasteiger partial charge on any atom is 1.00 e. The summed E-state index contributed by atoms with van der Waals surface area (Å²) in [4.78, 5) is 12.2. The molecule has 2 rings (SSSR count). The molecule has 1 aromatic heterocycles. The molecule has 1 aromatic rings. The number of likely N-dealkylation sites (tertiary alicyclic amines) is 1. The maximum atomic E-state index is 12.5. The maximum absolute atomic E-state index is 12.5. The van der Waals surface area contributed by atoms with Gasteiger partial charge in [-0.2, -0.15) is 5.10 Å². The van der Waals surface area contributed by atoms with Crippen LogP contribution in [0.1, 0.15) is 10.5 Å². The van der Waals surface area contributed by atoms with Gasteiger partial charge in [0.15, 0.2) is 0 Å². The summed E-state index contributed by atoms with van der Waals surface area (Å²) < 4.78 is 26.2. The molecule has 0 saturated carbocycles. The monoisotopic (exact) mass is 253 g/mol. The third kappa shape index (κ3) is 3.48. The summed E-state index contributed by atoms with van der Waals surface area (Å²) in [5.74, 6) is -3.91. The van der Waals surface area contributed by atoms with Crippen molar-refractivity contribution in [3.63, 3.8) is 0 Å². The van der Waals surface area contributed by atoms with Crippen LogP contribution >= 0.6 is 0 Å². The number of alkyl halides is 2. The van der Waals surface area contributed by atoms with Crippen molar-refractivity contribution >= 4 is 5.97 Å². The molecule has 1 fully saturated rings. The Morgan fingerprint density at radius 2 is 2.12 bits per heavy atom. The van der Waals surface area contributed by atoms with Gasteiger partial charge in [0.2, 0.25) is 0 Å². The number of aromatic carboxylic acids is 1. The largest absolute Gasteiger partial charge is 1.00 e. The van der Waals surface area contributed by atoms with E-state index in [0.29, 0.717) is 6.54 Å². The fourth-order valence-corrected chi connectivity index (χ4v) is 1.69. The van der Waals surface area contributed by atoms with E-state index in [4.69, 9.17) is 0 Å². The van der Waals surface area contributed by atoms with E-state index in [2.05, 4.69) is 5.10 Å². The van der Waals surface area contributed by atoms with Crippen molar-refractivity contribution in [1.82, 2.24) is 14.7 Å². The van der Waals surface area contributed by atoms with Gasteiger partial charge < -0.3 is 9.90 Å². The normalized spacial score (nSPS) is 18.2. The first-order chi connectivity index (χ1) is 7.48. The van der Waals surface area contributed by atoms with Crippen LogP contribution in [-0.2, 0) is 6.54 Å². The van der Waals surface area contributed by atoms with Crippen LogP contribution in [0.15, 0.2) is 12.3 Å². The Balaban J connectivity index is 0.00000144. The molecule has 0 atom stereocenters. The Kier molecular flexibility index (Phi) is 4.65. The molecule has 0 aromatic carbocycles. The van der Waals surface area contributed by atoms with Gasteiger partial charge in [-0.25, -0.2) is 8.78 Å². The van der Waals surface area contributed by atoms with Crippen molar-refractivity contribution in [2.45, 2.75) is 12.5 Å². The van der Waals surface area contributed by atoms with Crippen molar-refractivity contribution in [3.8, 4) is 0 Å². The molecule has 0 spiro atoms. The first-order valence-corrected chi connectivity index (χ1v) is 4.81. The van der Waals surface area contributed by atoms with Crippen molar-refractivity contribution in [3.05, 3.63) is 18.0 Å². The van der Waals surface area contributed by atoms with Gasteiger partial charge in [0.1, 0.15) is 0 Å². The minimum Gasteiger partial charge on any atom is -0.543 e. The summed E-state index contributed by atoms with van der Waals surface area (Å²) in [6.07, 6.45) is 1.34. The zero-order valence-electron chi connectivity index (χ0n) is 9.40. The molecule has 1 aliphatic heterocycles. The molecule has 1 saturated heterocycles. The molecule has 0 radical (unpaired) electrons. The molecule has 17 heavy (non-hydrogen) atoms. The number of aromatic nitrogens is 2. The fraction of sp³-hybridized carbons (Fsp3) is 0.556. The molecule has 2 heterocycles. The van der Waals surface area contributed by atoms with E-state index in [1.165, 1.54) is 16.9 Å². The van der Waals surface area contributed by atoms with E-state index in [1.807, 2.05) is 0 Å².